The van der Waals surface area contributed by atoms with Crippen LogP contribution in [-0.2, 0) is 4.74 Å². The summed E-state index contributed by atoms with van der Waals surface area (Å²) in [6.07, 6.45) is 9.28. The van der Waals surface area contributed by atoms with E-state index >= 15 is 0 Å². The maximum atomic E-state index is 6.18. The van der Waals surface area contributed by atoms with Gasteiger partial charge in [0.2, 0.25) is 0 Å². The number of ether oxygens (including phenoxy) is 2. The fourth-order valence-corrected chi connectivity index (χ4v) is 3.15. The summed E-state index contributed by atoms with van der Waals surface area (Å²) in [4.78, 5) is 3.99. The summed E-state index contributed by atoms with van der Waals surface area (Å²) in [5.41, 5.74) is 0.187. The first-order valence-corrected chi connectivity index (χ1v) is 7.06. The van der Waals surface area contributed by atoms with Crippen molar-refractivity contribution in [1.82, 2.24) is 4.98 Å². The zero-order valence-corrected chi connectivity index (χ0v) is 11.2. The molecule has 1 aromatic heterocycles. The first-order chi connectivity index (χ1) is 8.76. The van der Waals surface area contributed by atoms with Gasteiger partial charge in [0, 0.05) is 0 Å². The lowest BCUT2D eigenvalue weighted by atomic mass is 9.98. The number of rotatable bonds is 3. The minimum Gasteiger partial charge on any atom is -0.489 e. The molecule has 1 aromatic rings. The highest BCUT2D eigenvalue weighted by Gasteiger charge is 2.42. The topological polar surface area (TPSA) is 31.4 Å². The van der Waals surface area contributed by atoms with Crippen LogP contribution in [0.15, 0.2) is 18.3 Å². The predicted molar refractivity (Wildman–Crippen MR) is 70.0 cm³/mol. The first kappa shape index (κ1) is 12.2. The van der Waals surface area contributed by atoms with Crippen molar-refractivity contribution in [2.75, 3.05) is 6.61 Å². The van der Waals surface area contributed by atoms with Crippen LogP contribution in [0.25, 0.3) is 0 Å². The van der Waals surface area contributed by atoms with Crippen molar-refractivity contribution in [2.24, 2.45) is 0 Å². The van der Waals surface area contributed by atoms with Crippen molar-refractivity contribution in [3.63, 3.8) is 0 Å². The van der Waals surface area contributed by atoms with Crippen LogP contribution < -0.4 is 4.74 Å². The molecule has 2 heterocycles. The Balaban J connectivity index is 1.51. The molecule has 1 saturated heterocycles. The molecule has 0 bridgehead atoms. The van der Waals surface area contributed by atoms with Crippen LogP contribution in [0.1, 0.15) is 38.5 Å². The van der Waals surface area contributed by atoms with E-state index in [1.165, 1.54) is 32.1 Å². The standard InChI is InChI=1S/C14H18ClNO2/c15-13-4-3-11(9-16-13)17-10-12-5-8-14(18-12)6-1-2-7-14/h3-4,9,12H,1-2,5-8,10H2. The third kappa shape index (κ3) is 2.62. The van der Waals surface area contributed by atoms with Gasteiger partial charge in [-0.25, -0.2) is 4.98 Å². The van der Waals surface area contributed by atoms with E-state index in [1.807, 2.05) is 6.07 Å². The molecular formula is C14H18ClNO2. The Kier molecular flexibility index (Phi) is 3.44. The molecule has 1 aliphatic heterocycles. The molecule has 0 aromatic carbocycles. The molecule has 3 nitrogen and oxygen atoms in total. The SMILES string of the molecule is Clc1ccc(OCC2CCC3(CCCC3)O2)cn1. The molecule has 0 N–H and O–H groups in total. The fraction of sp³-hybridized carbons (Fsp3) is 0.643. The van der Waals surface area contributed by atoms with Gasteiger partial charge < -0.3 is 9.47 Å². The van der Waals surface area contributed by atoms with Gasteiger partial charge in [-0.05, 0) is 37.8 Å². The zero-order chi connectivity index (χ0) is 12.4. The Morgan fingerprint density at radius 2 is 2.17 bits per heavy atom. The number of hydrogen-bond donors (Lipinski definition) is 0. The minimum absolute atomic E-state index is 0.187. The van der Waals surface area contributed by atoms with Crippen molar-refractivity contribution in [2.45, 2.75) is 50.2 Å². The van der Waals surface area contributed by atoms with E-state index in [1.54, 1.807) is 12.3 Å². The van der Waals surface area contributed by atoms with E-state index in [0.717, 1.165) is 12.2 Å². The molecule has 1 aliphatic carbocycles. The van der Waals surface area contributed by atoms with Crippen LogP contribution in [-0.4, -0.2) is 23.3 Å². The summed E-state index contributed by atoms with van der Waals surface area (Å²) in [5, 5.41) is 0.490. The molecule has 2 aliphatic rings. The number of halogens is 1. The van der Waals surface area contributed by atoms with Crippen LogP contribution in [0.2, 0.25) is 5.15 Å². The Morgan fingerprint density at radius 3 is 2.89 bits per heavy atom. The number of nitrogens with zero attached hydrogens (tertiary/aromatic N) is 1. The summed E-state index contributed by atoms with van der Waals surface area (Å²) in [6, 6.07) is 3.58. The molecule has 18 heavy (non-hydrogen) atoms. The van der Waals surface area contributed by atoms with E-state index < -0.39 is 0 Å². The van der Waals surface area contributed by atoms with Gasteiger partial charge in [-0.3, -0.25) is 0 Å². The Hall–Kier alpha value is -0.800. The van der Waals surface area contributed by atoms with Crippen LogP contribution >= 0.6 is 11.6 Å². The molecule has 2 fully saturated rings. The average Bonchev–Trinajstić information content (AvgIpc) is 3.00. The normalized spacial score (nSPS) is 25.7. The highest BCUT2D eigenvalue weighted by atomic mass is 35.5. The smallest absolute Gasteiger partial charge is 0.137 e. The summed E-state index contributed by atoms with van der Waals surface area (Å²) >= 11 is 5.73. The lowest BCUT2D eigenvalue weighted by Gasteiger charge is -2.23. The summed E-state index contributed by atoms with van der Waals surface area (Å²) in [5.74, 6) is 0.760. The van der Waals surface area contributed by atoms with E-state index in [9.17, 15) is 0 Å². The summed E-state index contributed by atoms with van der Waals surface area (Å²) in [7, 11) is 0. The van der Waals surface area contributed by atoms with Gasteiger partial charge in [-0.15, -0.1) is 0 Å². The Labute approximate surface area is 112 Å². The fourth-order valence-electron chi connectivity index (χ4n) is 3.04. The third-order valence-electron chi connectivity index (χ3n) is 3.99. The van der Waals surface area contributed by atoms with Gasteiger partial charge in [-0.1, -0.05) is 24.4 Å². The second-order valence-corrected chi connectivity index (χ2v) is 5.68. The molecule has 1 unspecified atom stereocenters. The van der Waals surface area contributed by atoms with Crippen molar-refractivity contribution < 1.29 is 9.47 Å². The van der Waals surface area contributed by atoms with Gasteiger partial charge in [0.1, 0.15) is 17.5 Å². The van der Waals surface area contributed by atoms with Crippen LogP contribution in [0.3, 0.4) is 0 Å². The van der Waals surface area contributed by atoms with E-state index in [-0.39, 0.29) is 11.7 Å². The second-order valence-electron chi connectivity index (χ2n) is 5.30. The third-order valence-corrected chi connectivity index (χ3v) is 4.21. The molecule has 0 amide bonds. The van der Waals surface area contributed by atoms with E-state index in [2.05, 4.69) is 4.98 Å². The van der Waals surface area contributed by atoms with Gasteiger partial charge in [0.15, 0.2) is 0 Å². The number of aromatic nitrogens is 1. The van der Waals surface area contributed by atoms with Crippen molar-refractivity contribution in [3.05, 3.63) is 23.5 Å². The van der Waals surface area contributed by atoms with Gasteiger partial charge in [0.25, 0.3) is 0 Å². The highest BCUT2D eigenvalue weighted by Crippen LogP contribution is 2.43. The molecule has 4 heteroatoms. The van der Waals surface area contributed by atoms with Gasteiger partial charge in [-0.2, -0.15) is 0 Å². The van der Waals surface area contributed by atoms with E-state index in [0.29, 0.717) is 11.8 Å². The van der Waals surface area contributed by atoms with Crippen molar-refractivity contribution in [1.29, 1.82) is 0 Å². The largest absolute Gasteiger partial charge is 0.489 e. The van der Waals surface area contributed by atoms with Crippen LogP contribution in [0.5, 0.6) is 5.75 Å². The zero-order valence-electron chi connectivity index (χ0n) is 10.4. The molecular weight excluding hydrogens is 250 g/mol. The van der Waals surface area contributed by atoms with Crippen LogP contribution in [0, 0.1) is 0 Å². The van der Waals surface area contributed by atoms with Gasteiger partial charge >= 0.3 is 0 Å². The Bertz CT molecular complexity index is 401. The lowest BCUT2D eigenvalue weighted by Crippen LogP contribution is -2.27. The van der Waals surface area contributed by atoms with E-state index in [4.69, 9.17) is 21.1 Å². The molecule has 98 valence electrons. The molecule has 1 atom stereocenters. The number of pyridine rings is 1. The minimum atomic E-state index is 0.187. The molecule has 0 radical (unpaired) electrons. The van der Waals surface area contributed by atoms with Gasteiger partial charge in [0.05, 0.1) is 17.9 Å². The second kappa shape index (κ2) is 5.06. The predicted octanol–water partition coefficient (Wildman–Crippen LogP) is 3.61. The first-order valence-electron chi connectivity index (χ1n) is 6.68. The summed E-state index contributed by atoms with van der Waals surface area (Å²) in [6.45, 7) is 0.616. The lowest BCUT2D eigenvalue weighted by molar-refractivity contribution is -0.0509. The maximum Gasteiger partial charge on any atom is 0.137 e. The highest BCUT2D eigenvalue weighted by molar-refractivity contribution is 6.29. The molecule has 3 rings (SSSR count). The molecule has 1 saturated carbocycles. The quantitative estimate of drug-likeness (QED) is 0.784. The van der Waals surface area contributed by atoms with Crippen molar-refractivity contribution >= 4 is 11.6 Å². The summed E-state index contributed by atoms with van der Waals surface area (Å²) < 4.78 is 11.9. The monoisotopic (exact) mass is 267 g/mol. The maximum absolute atomic E-state index is 6.18. The average molecular weight is 268 g/mol. The van der Waals surface area contributed by atoms with Crippen molar-refractivity contribution in [3.8, 4) is 5.75 Å². The Morgan fingerprint density at radius 1 is 1.33 bits per heavy atom. The number of hydrogen-bond acceptors (Lipinski definition) is 3. The van der Waals surface area contributed by atoms with Crippen LogP contribution in [0.4, 0.5) is 0 Å². The molecule has 1 spiro atoms.